The number of hydrogen-bond donors (Lipinski definition) is 2. The van der Waals surface area contributed by atoms with E-state index in [-0.39, 0.29) is 0 Å². The van der Waals surface area contributed by atoms with Crippen LogP contribution in [0.2, 0.25) is 0 Å². The van der Waals surface area contributed by atoms with Gasteiger partial charge in [0.1, 0.15) is 0 Å². The van der Waals surface area contributed by atoms with Gasteiger partial charge in [0.25, 0.3) is 0 Å². The van der Waals surface area contributed by atoms with Gasteiger partial charge >= 0.3 is 6.03 Å². The van der Waals surface area contributed by atoms with Crippen molar-refractivity contribution in [3.63, 3.8) is 0 Å². The third-order valence-corrected chi connectivity index (χ3v) is 4.04. The van der Waals surface area contributed by atoms with Gasteiger partial charge in [0, 0.05) is 5.56 Å². The Morgan fingerprint density at radius 1 is 1.00 bits per heavy atom. The van der Waals surface area contributed by atoms with Gasteiger partial charge in [0.15, 0.2) is 0 Å². The van der Waals surface area contributed by atoms with E-state index < -0.39 is 6.03 Å². The first-order valence-corrected chi connectivity index (χ1v) is 7.01. The molecule has 0 fully saturated rings. The van der Waals surface area contributed by atoms with E-state index in [2.05, 4.69) is 22.7 Å². The van der Waals surface area contributed by atoms with Gasteiger partial charge in [-0.1, -0.05) is 6.07 Å². The number of nitrogens with zero attached hydrogens (tertiary/aromatic N) is 1. The summed E-state index contributed by atoms with van der Waals surface area (Å²) in [5.74, 6) is 0. The highest BCUT2D eigenvalue weighted by Gasteiger charge is 2.19. The zero-order valence-corrected chi connectivity index (χ0v) is 11.0. The Hall–Kier alpha value is -1.84. The van der Waals surface area contributed by atoms with Crippen molar-refractivity contribution < 1.29 is 4.79 Å². The first-order valence-electron chi connectivity index (χ1n) is 7.01. The number of amides is 2. The van der Waals surface area contributed by atoms with Gasteiger partial charge < -0.3 is 5.73 Å². The summed E-state index contributed by atoms with van der Waals surface area (Å²) in [4.78, 5) is 10.8. The molecule has 100 valence electrons. The second-order valence-electron chi connectivity index (χ2n) is 5.37. The molecule has 0 bridgehead atoms. The molecule has 0 heterocycles. The van der Waals surface area contributed by atoms with Crippen molar-refractivity contribution in [3.8, 4) is 0 Å². The maximum Gasteiger partial charge on any atom is 0.332 e. The van der Waals surface area contributed by atoms with Crippen molar-refractivity contribution in [3.05, 3.63) is 34.4 Å². The lowest BCUT2D eigenvalue weighted by Crippen LogP contribution is -2.27. The minimum atomic E-state index is -0.599. The standard InChI is InChI=1S/C15H19N3O/c16-15(19)18-17-14-7-3-6-12-8-10-4-1-2-5-11(10)9-13(12)14/h8-9H,1-7H2,(H3,16,18,19). The normalized spacial score (nSPS) is 19.7. The predicted molar refractivity (Wildman–Crippen MR) is 75.3 cm³/mol. The number of carbonyl (C=O) groups is 1. The zero-order valence-electron chi connectivity index (χ0n) is 11.0. The van der Waals surface area contributed by atoms with Crippen molar-refractivity contribution in [2.24, 2.45) is 10.8 Å². The van der Waals surface area contributed by atoms with E-state index in [0.29, 0.717) is 0 Å². The number of nitrogens with two attached hydrogens (primary N) is 1. The highest BCUT2D eigenvalue weighted by molar-refractivity contribution is 6.03. The molecule has 4 heteroatoms. The Morgan fingerprint density at radius 2 is 1.68 bits per heavy atom. The summed E-state index contributed by atoms with van der Waals surface area (Å²) < 4.78 is 0. The molecule has 3 N–H and O–H groups in total. The third-order valence-electron chi connectivity index (χ3n) is 4.04. The van der Waals surface area contributed by atoms with E-state index in [1.54, 1.807) is 0 Å². The average molecular weight is 257 g/mol. The van der Waals surface area contributed by atoms with E-state index in [9.17, 15) is 4.79 Å². The number of aryl methyl sites for hydroxylation is 3. The highest BCUT2D eigenvalue weighted by atomic mass is 16.2. The van der Waals surface area contributed by atoms with Crippen LogP contribution in [0.15, 0.2) is 17.2 Å². The lowest BCUT2D eigenvalue weighted by atomic mass is 9.82. The summed E-state index contributed by atoms with van der Waals surface area (Å²) in [6.45, 7) is 0. The van der Waals surface area contributed by atoms with Gasteiger partial charge in [-0.25, -0.2) is 10.2 Å². The van der Waals surface area contributed by atoms with Crippen LogP contribution in [0.1, 0.15) is 47.9 Å². The molecular formula is C15H19N3O. The fraction of sp³-hybridized carbons (Fsp3) is 0.467. The van der Waals surface area contributed by atoms with E-state index in [0.717, 1.165) is 25.0 Å². The number of carbonyl (C=O) groups excluding carboxylic acids is 1. The quantitative estimate of drug-likeness (QED) is 0.745. The molecule has 4 nitrogen and oxygen atoms in total. The van der Waals surface area contributed by atoms with Gasteiger partial charge in [-0.05, 0) is 67.7 Å². The number of hydrazone groups is 1. The molecule has 0 aromatic heterocycles. The topological polar surface area (TPSA) is 67.5 Å². The molecule has 2 aliphatic rings. The van der Waals surface area contributed by atoms with Crippen molar-refractivity contribution in [1.82, 2.24) is 5.43 Å². The molecule has 0 radical (unpaired) electrons. The van der Waals surface area contributed by atoms with Gasteiger partial charge in [-0.15, -0.1) is 0 Å². The molecule has 0 saturated carbocycles. The second-order valence-corrected chi connectivity index (χ2v) is 5.37. The number of rotatable bonds is 1. The first-order chi connectivity index (χ1) is 9.24. The molecule has 0 aliphatic heterocycles. The molecule has 0 atom stereocenters. The molecule has 19 heavy (non-hydrogen) atoms. The molecular weight excluding hydrogens is 238 g/mol. The number of nitrogens with one attached hydrogen (secondary N) is 1. The fourth-order valence-electron chi connectivity index (χ4n) is 3.13. The van der Waals surface area contributed by atoms with E-state index in [1.807, 2.05) is 0 Å². The fourth-order valence-corrected chi connectivity index (χ4v) is 3.13. The predicted octanol–water partition coefficient (Wildman–Crippen LogP) is 2.27. The summed E-state index contributed by atoms with van der Waals surface area (Å²) in [6.07, 6.45) is 8.05. The molecule has 1 aromatic carbocycles. The van der Waals surface area contributed by atoms with Crippen LogP contribution in [0.5, 0.6) is 0 Å². The molecule has 0 saturated heterocycles. The molecule has 2 aliphatic carbocycles. The Labute approximate surface area is 113 Å². The number of benzene rings is 1. The Bertz CT molecular complexity index is 549. The smallest absolute Gasteiger partial charge is 0.332 e. The summed E-state index contributed by atoms with van der Waals surface area (Å²) in [5.41, 5.74) is 14.0. The Kier molecular flexibility index (Phi) is 3.23. The maximum absolute atomic E-state index is 10.8. The minimum absolute atomic E-state index is 0.599. The number of urea groups is 1. The van der Waals surface area contributed by atoms with Crippen molar-refractivity contribution in [2.45, 2.75) is 44.9 Å². The third kappa shape index (κ3) is 2.48. The van der Waals surface area contributed by atoms with Crippen molar-refractivity contribution >= 4 is 11.7 Å². The van der Waals surface area contributed by atoms with Gasteiger partial charge in [-0.3, -0.25) is 0 Å². The van der Waals surface area contributed by atoms with Gasteiger partial charge in [0.2, 0.25) is 0 Å². The summed E-state index contributed by atoms with van der Waals surface area (Å²) in [7, 11) is 0. The lowest BCUT2D eigenvalue weighted by molar-refractivity contribution is 0.249. The first kappa shape index (κ1) is 12.2. The van der Waals surface area contributed by atoms with Crippen LogP contribution in [-0.4, -0.2) is 11.7 Å². The number of hydrogen-bond acceptors (Lipinski definition) is 2. The van der Waals surface area contributed by atoms with E-state index in [4.69, 9.17) is 5.73 Å². The molecule has 0 spiro atoms. The van der Waals surface area contributed by atoms with Gasteiger partial charge in [0.05, 0.1) is 5.71 Å². The maximum atomic E-state index is 10.8. The number of fused-ring (bicyclic) bond motifs is 2. The molecule has 0 unspecified atom stereocenters. The van der Waals surface area contributed by atoms with Crippen LogP contribution in [0.4, 0.5) is 4.79 Å². The molecule has 3 rings (SSSR count). The second kappa shape index (κ2) is 5.03. The molecule has 2 amide bonds. The van der Waals surface area contributed by atoms with Crippen LogP contribution in [0.3, 0.4) is 0 Å². The largest absolute Gasteiger partial charge is 0.350 e. The van der Waals surface area contributed by atoms with E-state index >= 15 is 0 Å². The summed E-state index contributed by atoms with van der Waals surface area (Å²) in [5, 5.41) is 4.17. The van der Waals surface area contributed by atoms with E-state index in [1.165, 1.54) is 47.9 Å². The van der Waals surface area contributed by atoms with Crippen LogP contribution in [0.25, 0.3) is 0 Å². The zero-order chi connectivity index (χ0) is 13.2. The Morgan fingerprint density at radius 3 is 2.42 bits per heavy atom. The monoisotopic (exact) mass is 257 g/mol. The van der Waals surface area contributed by atoms with Crippen LogP contribution in [-0.2, 0) is 19.3 Å². The highest BCUT2D eigenvalue weighted by Crippen LogP contribution is 2.29. The average Bonchev–Trinajstić information content (AvgIpc) is 2.42. The number of primary amides is 1. The van der Waals surface area contributed by atoms with Gasteiger partial charge in [-0.2, -0.15) is 5.10 Å². The van der Waals surface area contributed by atoms with Crippen molar-refractivity contribution in [2.75, 3.05) is 0 Å². The van der Waals surface area contributed by atoms with Crippen LogP contribution >= 0.6 is 0 Å². The van der Waals surface area contributed by atoms with Crippen LogP contribution in [0, 0.1) is 0 Å². The SMILES string of the molecule is NC(=O)NN=C1CCCc2cc3c(cc21)CCCC3. The van der Waals surface area contributed by atoms with Crippen LogP contribution < -0.4 is 11.2 Å². The summed E-state index contributed by atoms with van der Waals surface area (Å²) in [6, 6.07) is 4.03. The molecule has 1 aromatic rings. The Balaban J connectivity index is 1.99. The summed E-state index contributed by atoms with van der Waals surface area (Å²) >= 11 is 0. The minimum Gasteiger partial charge on any atom is -0.350 e. The van der Waals surface area contributed by atoms with Crippen molar-refractivity contribution in [1.29, 1.82) is 0 Å². The lowest BCUT2D eigenvalue weighted by Gasteiger charge is -2.23.